The summed E-state index contributed by atoms with van der Waals surface area (Å²) in [7, 11) is 0. The second-order valence-electron chi connectivity index (χ2n) is 5.76. The molecular formula is C18H22N2O3. The van der Waals surface area contributed by atoms with Crippen LogP contribution >= 0.6 is 0 Å². The van der Waals surface area contributed by atoms with Gasteiger partial charge in [-0.1, -0.05) is 38.5 Å². The first-order valence-corrected chi connectivity index (χ1v) is 7.87. The van der Waals surface area contributed by atoms with E-state index in [0.29, 0.717) is 12.8 Å². The molecule has 1 aromatic carbocycles. The topological polar surface area (TPSA) is 79.3 Å². The van der Waals surface area contributed by atoms with Crippen molar-refractivity contribution < 1.29 is 14.7 Å². The third-order valence-corrected chi connectivity index (χ3v) is 4.16. The van der Waals surface area contributed by atoms with Gasteiger partial charge in [-0.2, -0.15) is 0 Å². The van der Waals surface area contributed by atoms with Crippen LogP contribution in [0.5, 0.6) is 0 Å². The first-order chi connectivity index (χ1) is 11.0. The molecule has 0 fully saturated rings. The van der Waals surface area contributed by atoms with Gasteiger partial charge in [-0.05, 0) is 30.0 Å². The lowest BCUT2D eigenvalue weighted by atomic mass is 9.98. The summed E-state index contributed by atoms with van der Waals surface area (Å²) in [6.07, 6.45) is 3.25. The molecule has 0 unspecified atom stereocenters. The molecule has 1 heterocycles. The van der Waals surface area contributed by atoms with Crippen molar-refractivity contribution in [3.8, 4) is 0 Å². The summed E-state index contributed by atoms with van der Waals surface area (Å²) in [5.41, 5.74) is 1.94. The van der Waals surface area contributed by atoms with E-state index in [4.69, 9.17) is 0 Å². The van der Waals surface area contributed by atoms with Gasteiger partial charge in [0.2, 0.25) is 5.91 Å². The van der Waals surface area contributed by atoms with Crippen LogP contribution in [-0.2, 0) is 16.0 Å². The maximum Gasteiger partial charge on any atom is 0.326 e. The second-order valence-corrected chi connectivity index (χ2v) is 5.76. The van der Waals surface area contributed by atoms with E-state index < -0.39 is 12.0 Å². The number of pyridine rings is 1. The van der Waals surface area contributed by atoms with Crippen LogP contribution in [0.1, 0.15) is 32.3 Å². The predicted molar refractivity (Wildman–Crippen MR) is 89.1 cm³/mol. The number of rotatable bonds is 7. The molecule has 0 saturated carbocycles. The molecule has 23 heavy (non-hydrogen) atoms. The molecule has 5 heteroatoms. The van der Waals surface area contributed by atoms with Gasteiger partial charge in [0, 0.05) is 18.0 Å². The Bertz CT molecular complexity index is 694. The molecule has 1 amide bonds. The fourth-order valence-corrected chi connectivity index (χ4v) is 2.55. The third kappa shape index (κ3) is 4.28. The van der Waals surface area contributed by atoms with Crippen molar-refractivity contribution >= 4 is 22.8 Å². The average molecular weight is 314 g/mol. The number of carbonyl (C=O) groups excluding carboxylic acids is 1. The number of amides is 1. The van der Waals surface area contributed by atoms with Gasteiger partial charge in [-0.25, -0.2) is 4.79 Å². The van der Waals surface area contributed by atoms with E-state index >= 15 is 0 Å². The van der Waals surface area contributed by atoms with Gasteiger partial charge in [-0.3, -0.25) is 9.78 Å². The fourth-order valence-electron chi connectivity index (χ4n) is 2.55. The molecule has 2 aromatic rings. The van der Waals surface area contributed by atoms with Crippen LogP contribution in [0.25, 0.3) is 10.9 Å². The number of carbonyl (C=O) groups is 2. The summed E-state index contributed by atoms with van der Waals surface area (Å²) in [5.74, 6) is -1.32. The zero-order chi connectivity index (χ0) is 16.8. The maximum absolute atomic E-state index is 12.1. The van der Waals surface area contributed by atoms with Gasteiger partial charge in [0.05, 0.1) is 5.52 Å². The van der Waals surface area contributed by atoms with E-state index in [2.05, 4.69) is 10.3 Å². The number of hydrogen-bond acceptors (Lipinski definition) is 3. The van der Waals surface area contributed by atoms with Crippen LogP contribution < -0.4 is 5.32 Å². The largest absolute Gasteiger partial charge is 0.480 e. The van der Waals surface area contributed by atoms with Gasteiger partial charge < -0.3 is 10.4 Å². The summed E-state index contributed by atoms with van der Waals surface area (Å²) < 4.78 is 0. The van der Waals surface area contributed by atoms with Crippen LogP contribution in [0.15, 0.2) is 36.5 Å². The summed E-state index contributed by atoms with van der Waals surface area (Å²) in [5, 5.41) is 12.9. The quantitative estimate of drug-likeness (QED) is 0.823. The molecule has 0 radical (unpaired) electrons. The molecular weight excluding hydrogens is 292 g/mol. The van der Waals surface area contributed by atoms with Gasteiger partial charge in [0.1, 0.15) is 6.04 Å². The van der Waals surface area contributed by atoms with Gasteiger partial charge in [0.15, 0.2) is 0 Å². The highest BCUT2D eigenvalue weighted by atomic mass is 16.4. The molecule has 2 N–H and O–H groups in total. The summed E-state index contributed by atoms with van der Waals surface area (Å²) in [4.78, 5) is 27.7. The number of carboxylic acid groups (broad SMARTS) is 1. The number of nitrogens with zero attached hydrogens (tertiary/aromatic N) is 1. The van der Waals surface area contributed by atoms with Gasteiger partial charge in [0.25, 0.3) is 0 Å². The summed E-state index contributed by atoms with van der Waals surface area (Å²) in [6.45, 7) is 3.74. The number of aryl methyl sites for hydroxylation is 1. The zero-order valence-electron chi connectivity index (χ0n) is 13.5. The molecule has 0 aliphatic heterocycles. The Morgan fingerprint density at radius 1 is 1.26 bits per heavy atom. The zero-order valence-corrected chi connectivity index (χ0v) is 13.5. The van der Waals surface area contributed by atoms with Crippen LogP contribution in [0.4, 0.5) is 0 Å². The van der Waals surface area contributed by atoms with E-state index in [-0.39, 0.29) is 18.2 Å². The van der Waals surface area contributed by atoms with Crippen molar-refractivity contribution in [2.75, 3.05) is 0 Å². The van der Waals surface area contributed by atoms with Crippen molar-refractivity contribution in [1.29, 1.82) is 0 Å². The van der Waals surface area contributed by atoms with E-state index in [0.717, 1.165) is 16.5 Å². The highest BCUT2D eigenvalue weighted by Gasteiger charge is 2.25. The Morgan fingerprint density at radius 2 is 2.00 bits per heavy atom. The number of hydrogen-bond donors (Lipinski definition) is 2. The van der Waals surface area contributed by atoms with E-state index in [1.807, 2.05) is 44.2 Å². The van der Waals surface area contributed by atoms with Crippen LogP contribution in [0, 0.1) is 5.92 Å². The molecule has 0 saturated heterocycles. The number of fused-ring (bicyclic) bond motifs is 1. The molecule has 0 aliphatic carbocycles. The number of aliphatic carboxylic acids is 1. The minimum absolute atomic E-state index is 0.0989. The SMILES string of the molecule is CC[C@H](C)[C@H](NC(=O)CCc1ccnc2ccccc12)C(=O)O. The molecule has 0 spiro atoms. The first-order valence-electron chi connectivity index (χ1n) is 7.87. The third-order valence-electron chi connectivity index (χ3n) is 4.16. The van der Waals surface area contributed by atoms with Gasteiger partial charge in [-0.15, -0.1) is 0 Å². The normalized spacial score (nSPS) is 13.5. The Labute approximate surface area is 135 Å². The highest BCUT2D eigenvalue weighted by molar-refractivity contribution is 5.85. The number of para-hydroxylation sites is 1. The first kappa shape index (κ1) is 16.9. The van der Waals surface area contributed by atoms with E-state index in [9.17, 15) is 14.7 Å². The van der Waals surface area contributed by atoms with Crippen molar-refractivity contribution in [3.05, 3.63) is 42.1 Å². The fraction of sp³-hybridized carbons (Fsp3) is 0.389. The van der Waals surface area contributed by atoms with Crippen LogP contribution in [0.3, 0.4) is 0 Å². The molecule has 1 aromatic heterocycles. The molecule has 0 bridgehead atoms. The number of carboxylic acids is 1. The Balaban J connectivity index is 2.02. The van der Waals surface area contributed by atoms with Gasteiger partial charge >= 0.3 is 5.97 Å². The number of aromatic nitrogens is 1. The summed E-state index contributed by atoms with van der Waals surface area (Å²) >= 11 is 0. The van der Waals surface area contributed by atoms with Crippen molar-refractivity contribution in [2.24, 2.45) is 5.92 Å². The van der Waals surface area contributed by atoms with Crippen LogP contribution in [-0.4, -0.2) is 28.0 Å². The lowest BCUT2D eigenvalue weighted by Crippen LogP contribution is -2.45. The Morgan fingerprint density at radius 3 is 2.70 bits per heavy atom. The molecule has 5 nitrogen and oxygen atoms in total. The Kier molecular flexibility index (Phi) is 5.68. The van der Waals surface area contributed by atoms with E-state index in [1.54, 1.807) is 6.20 Å². The second kappa shape index (κ2) is 7.72. The van der Waals surface area contributed by atoms with Crippen molar-refractivity contribution in [2.45, 2.75) is 39.2 Å². The highest BCUT2D eigenvalue weighted by Crippen LogP contribution is 2.17. The standard InChI is InChI=1S/C18H22N2O3/c1-3-12(2)17(18(22)23)20-16(21)9-8-13-10-11-19-15-7-5-4-6-14(13)15/h4-7,10-12,17H,3,8-9H2,1-2H3,(H,20,21)(H,22,23)/t12-,17-/m0/s1. The van der Waals surface area contributed by atoms with E-state index in [1.165, 1.54) is 0 Å². The summed E-state index contributed by atoms with van der Waals surface area (Å²) in [6, 6.07) is 8.85. The maximum atomic E-state index is 12.1. The number of benzene rings is 1. The van der Waals surface area contributed by atoms with Crippen molar-refractivity contribution in [3.63, 3.8) is 0 Å². The molecule has 0 aliphatic rings. The predicted octanol–water partition coefficient (Wildman–Crippen LogP) is 2.78. The lowest BCUT2D eigenvalue weighted by molar-refractivity contribution is -0.143. The molecule has 122 valence electrons. The number of nitrogens with one attached hydrogen (secondary N) is 1. The molecule has 2 rings (SSSR count). The minimum atomic E-state index is -0.984. The lowest BCUT2D eigenvalue weighted by Gasteiger charge is -2.20. The smallest absolute Gasteiger partial charge is 0.326 e. The average Bonchev–Trinajstić information content (AvgIpc) is 2.56. The Hall–Kier alpha value is -2.43. The molecule has 2 atom stereocenters. The monoisotopic (exact) mass is 314 g/mol. The minimum Gasteiger partial charge on any atom is -0.480 e. The van der Waals surface area contributed by atoms with Crippen LogP contribution in [0.2, 0.25) is 0 Å². The van der Waals surface area contributed by atoms with Crippen molar-refractivity contribution in [1.82, 2.24) is 10.3 Å².